The predicted octanol–water partition coefficient (Wildman–Crippen LogP) is 5.74. The fraction of sp³-hybridized carbons (Fsp3) is 0.222. The number of carbonyl (C=O) groups is 2. The van der Waals surface area contributed by atoms with Gasteiger partial charge in [-0.1, -0.05) is 24.3 Å². The first-order valence-electron chi connectivity index (χ1n) is 11.2. The van der Waals surface area contributed by atoms with Gasteiger partial charge in [-0.2, -0.15) is 5.26 Å². The molecule has 1 fully saturated rings. The summed E-state index contributed by atoms with van der Waals surface area (Å²) in [6.45, 7) is 2.58. The lowest BCUT2D eigenvalue weighted by molar-refractivity contribution is -0.119. The van der Waals surface area contributed by atoms with Crippen molar-refractivity contribution in [2.24, 2.45) is 0 Å². The molecule has 4 rings (SSSR count). The summed E-state index contributed by atoms with van der Waals surface area (Å²) in [6.07, 6.45) is 2.41. The second kappa shape index (κ2) is 11.5. The molecule has 1 saturated heterocycles. The van der Waals surface area contributed by atoms with E-state index < -0.39 is 17.8 Å². The minimum Gasteiger partial charge on any atom is -0.370 e. The van der Waals surface area contributed by atoms with E-state index in [1.54, 1.807) is 53.4 Å². The highest BCUT2D eigenvalue weighted by Crippen LogP contribution is 2.29. The van der Waals surface area contributed by atoms with Gasteiger partial charge in [0.2, 0.25) is 5.91 Å². The van der Waals surface area contributed by atoms with Gasteiger partial charge in [0, 0.05) is 35.6 Å². The van der Waals surface area contributed by atoms with Crippen LogP contribution in [0.1, 0.15) is 42.0 Å². The molecule has 3 aromatic rings. The molecule has 1 aliphatic rings. The molecule has 0 aromatic heterocycles. The Labute approximate surface area is 210 Å². The van der Waals surface area contributed by atoms with Gasteiger partial charge in [-0.05, 0) is 67.8 Å². The molecule has 2 amide bonds. The maximum Gasteiger partial charge on any atom is 0.251 e. The van der Waals surface area contributed by atoms with E-state index in [4.69, 9.17) is 0 Å². The highest BCUT2D eigenvalue weighted by atomic mass is 35.5. The number of aryl methyl sites for hydroxylation is 1. The summed E-state index contributed by atoms with van der Waals surface area (Å²) in [5, 5.41) is 15.1. The number of nitrogens with one attached hydrogen (secondary N) is 2. The summed E-state index contributed by atoms with van der Waals surface area (Å²) in [5.41, 5.74) is 3.39. The molecule has 0 spiro atoms. The van der Waals surface area contributed by atoms with Crippen LogP contribution in [-0.4, -0.2) is 18.4 Å². The van der Waals surface area contributed by atoms with Crippen LogP contribution in [0, 0.1) is 24.1 Å². The normalized spacial score (nSPS) is 13.9. The molecule has 8 heteroatoms. The predicted molar refractivity (Wildman–Crippen MR) is 137 cm³/mol. The minimum atomic E-state index is -1.03. The summed E-state index contributed by atoms with van der Waals surface area (Å²) >= 11 is 0. The largest absolute Gasteiger partial charge is 0.370 e. The third-order valence-electron chi connectivity index (χ3n) is 5.86. The van der Waals surface area contributed by atoms with Crippen molar-refractivity contribution in [3.05, 3.63) is 89.2 Å². The van der Waals surface area contributed by atoms with Gasteiger partial charge in [0.15, 0.2) is 0 Å². The molecule has 0 radical (unpaired) electrons. The van der Waals surface area contributed by atoms with Gasteiger partial charge in [-0.3, -0.25) is 9.59 Å². The van der Waals surface area contributed by atoms with Gasteiger partial charge in [-0.15, -0.1) is 12.4 Å². The Hall–Kier alpha value is -3.89. The van der Waals surface area contributed by atoms with E-state index in [0.29, 0.717) is 29.9 Å². The fourth-order valence-corrected chi connectivity index (χ4v) is 4.15. The molecular formula is C27H26ClFN4O2. The number of benzene rings is 3. The van der Waals surface area contributed by atoms with Gasteiger partial charge in [0.05, 0.1) is 11.6 Å². The summed E-state index contributed by atoms with van der Waals surface area (Å²) in [7, 11) is 0. The summed E-state index contributed by atoms with van der Waals surface area (Å²) in [4.78, 5) is 27.4. The molecule has 0 bridgehead atoms. The summed E-state index contributed by atoms with van der Waals surface area (Å²) in [5.74, 6) is -0.857. The van der Waals surface area contributed by atoms with Gasteiger partial charge in [0.1, 0.15) is 11.9 Å². The zero-order valence-electron chi connectivity index (χ0n) is 19.3. The molecule has 180 valence electrons. The molecular weight excluding hydrogens is 467 g/mol. The summed E-state index contributed by atoms with van der Waals surface area (Å²) in [6, 6.07) is 19.2. The standard InChI is InChI=1S/C27H25FN4O2.ClH/c1-18-15-21(12-13-24(18)32-14-5-4-11-25(32)33)31-27(34)26(22-9-2-3-10-23(22)28)30-20-8-6-7-19(16-20)17-29;/h2-3,6-10,12-13,15-16,26,30H,4-5,11,14H2,1H3,(H,31,34);1H. The van der Waals surface area contributed by atoms with Crippen molar-refractivity contribution >= 4 is 41.3 Å². The first kappa shape index (κ1) is 25.7. The molecule has 1 aliphatic heterocycles. The second-order valence-corrected chi connectivity index (χ2v) is 8.28. The van der Waals surface area contributed by atoms with Crippen LogP contribution in [0.4, 0.5) is 21.5 Å². The lowest BCUT2D eigenvalue weighted by atomic mass is 10.0. The van der Waals surface area contributed by atoms with E-state index in [0.717, 1.165) is 24.1 Å². The van der Waals surface area contributed by atoms with Crippen LogP contribution in [0.15, 0.2) is 66.7 Å². The first-order chi connectivity index (χ1) is 16.5. The zero-order valence-corrected chi connectivity index (χ0v) is 20.1. The SMILES string of the molecule is Cc1cc(NC(=O)C(Nc2cccc(C#N)c2)c2ccccc2F)ccc1N1CCCCC1=O.Cl. The van der Waals surface area contributed by atoms with Crippen LogP contribution in [0.5, 0.6) is 0 Å². The van der Waals surface area contributed by atoms with E-state index >= 15 is 0 Å². The number of hydrogen-bond donors (Lipinski definition) is 2. The van der Waals surface area contributed by atoms with Crippen LogP contribution in [0.2, 0.25) is 0 Å². The molecule has 0 saturated carbocycles. The molecule has 35 heavy (non-hydrogen) atoms. The number of carbonyl (C=O) groups excluding carboxylic acids is 2. The fourth-order valence-electron chi connectivity index (χ4n) is 4.15. The molecule has 1 heterocycles. The molecule has 0 aliphatic carbocycles. The van der Waals surface area contributed by atoms with Crippen LogP contribution >= 0.6 is 12.4 Å². The van der Waals surface area contributed by atoms with Crippen molar-refractivity contribution in [1.29, 1.82) is 5.26 Å². The Morgan fingerprint density at radius 3 is 2.57 bits per heavy atom. The number of anilines is 3. The van der Waals surface area contributed by atoms with E-state index in [-0.39, 0.29) is 23.9 Å². The second-order valence-electron chi connectivity index (χ2n) is 8.28. The number of nitriles is 1. The Morgan fingerprint density at radius 1 is 1.06 bits per heavy atom. The number of nitrogens with zero attached hydrogens (tertiary/aromatic N) is 2. The van der Waals surface area contributed by atoms with E-state index in [1.807, 2.05) is 19.1 Å². The molecule has 1 unspecified atom stereocenters. The van der Waals surface area contributed by atoms with Gasteiger partial charge >= 0.3 is 0 Å². The summed E-state index contributed by atoms with van der Waals surface area (Å²) < 4.78 is 14.6. The maximum absolute atomic E-state index is 14.6. The zero-order chi connectivity index (χ0) is 24.1. The van der Waals surface area contributed by atoms with E-state index in [9.17, 15) is 19.2 Å². The topological polar surface area (TPSA) is 85.2 Å². The quantitative estimate of drug-likeness (QED) is 0.459. The highest BCUT2D eigenvalue weighted by molar-refractivity contribution is 5.98. The van der Waals surface area contributed by atoms with Crippen molar-refractivity contribution < 1.29 is 14.0 Å². The lowest BCUT2D eigenvalue weighted by Gasteiger charge is -2.28. The van der Waals surface area contributed by atoms with Crippen LogP contribution in [0.3, 0.4) is 0 Å². The Kier molecular flexibility index (Phi) is 8.45. The number of rotatable bonds is 6. The maximum atomic E-state index is 14.6. The number of halogens is 2. The average Bonchev–Trinajstić information content (AvgIpc) is 2.84. The minimum absolute atomic E-state index is 0. The molecule has 6 nitrogen and oxygen atoms in total. The first-order valence-corrected chi connectivity index (χ1v) is 11.2. The monoisotopic (exact) mass is 492 g/mol. The number of piperidine rings is 1. The van der Waals surface area contributed by atoms with Crippen molar-refractivity contribution in [2.75, 3.05) is 22.1 Å². The van der Waals surface area contributed by atoms with Crippen molar-refractivity contribution in [3.8, 4) is 6.07 Å². The van der Waals surface area contributed by atoms with Crippen LogP contribution in [0.25, 0.3) is 0 Å². The smallest absolute Gasteiger partial charge is 0.251 e. The number of hydrogen-bond acceptors (Lipinski definition) is 4. The molecule has 2 N–H and O–H groups in total. The molecule has 1 atom stereocenters. The van der Waals surface area contributed by atoms with Gasteiger partial charge < -0.3 is 15.5 Å². The van der Waals surface area contributed by atoms with Crippen LogP contribution < -0.4 is 15.5 Å². The highest BCUT2D eigenvalue weighted by Gasteiger charge is 2.25. The van der Waals surface area contributed by atoms with Crippen LogP contribution in [-0.2, 0) is 9.59 Å². The molecule has 3 aromatic carbocycles. The van der Waals surface area contributed by atoms with Gasteiger partial charge in [-0.25, -0.2) is 4.39 Å². The van der Waals surface area contributed by atoms with E-state index in [1.165, 1.54) is 6.07 Å². The Balaban J connectivity index is 0.00000342. The Morgan fingerprint density at radius 2 is 1.86 bits per heavy atom. The van der Waals surface area contributed by atoms with Crippen molar-refractivity contribution in [1.82, 2.24) is 0 Å². The third kappa shape index (κ3) is 5.97. The van der Waals surface area contributed by atoms with E-state index in [2.05, 4.69) is 16.7 Å². The average molecular weight is 493 g/mol. The van der Waals surface area contributed by atoms with Gasteiger partial charge in [0.25, 0.3) is 5.91 Å². The van der Waals surface area contributed by atoms with Crippen molar-refractivity contribution in [2.45, 2.75) is 32.2 Å². The Bertz CT molecular complexity index is 1270. The number of amides is 2. The lowest BCUT2D eigenvalue weighted by Crippen LogP contribution is -2.35. The third-order valence-corrected chi connectivity index (χ3v) is 5.86. The van der Waals surface area contributed by atoms with Crippen molar-refractivity contribution in [3.63, 3.8) is 0 Å².